The molecule has 0 radical (unpaired) electrons. The number of hydrogen-bond donors (Lipinski definition) is 2. The number of amides is 2. The summed E-state index contributed by atoms with van der Waals surface area (Å²) in [6.45, 7) is 0.264. The van der Waals surface area contributed by atoms with E-state index in [-0.39, 0.29) is 36.8 Å². The van der Waals surface area contributed by atoms with Crippen molar-refractivity contribution in [2.24, 2.45) is 11.7 Å². The zero-order valence-electron chi connectivity index (χ0n) is 12.4. The van der Waals surface area contributed by atoms with E-state index in [0.717, 1.165) is 25.7 Å². The Labute approximate surface area is 135 Å². The third kappa shape index (κ3) is 4.91. The summed E-state index contributed by atoms with van der Waals surface area (Å²) in [4.78, 5) is 23.4. The topological polar surface area (TPSA) is 81.4 Å². The lowest BCUT2D eigenvalue weighted by atomic mass is 9.84. The number of carbonyl (C=O) groups excluding carboxylic acids is 2. The van der Waals surface area contributed by atoms with Crippen molar-refractivity contribution in [2.45, 2.75) is 38.1 Å². The van der Waals surface area contributed by atoms with Crippen LogP contribution in [0.5, 0.6) is 5.75 Å². The minimum atomic E-state index is -0.333. The van der Waals surface area contributed by atoms with Gasteiger partial charge in [0.2, 0.25) is 11.8 Å². The van der Waals surface area contributed by atoms with Gasteiger partial charge in [-0.25, -0.2) is 0 Å². The first-order valence-corrected chi connectivity index (χ1v) is 7.91. The van der Waals surface area contributed by atoms with E-state index >= 15 is 0 Å². The molecule has 1 aromatic rings. The van der Waals surface area contributed by atoms with Gasteiger partial charge in [0.05, 0.1) is 18.9 Å². The van der Waals surface area contributed by atoms with Gasteiger partial charge in [-0.05, 0) is 31.0 Å². The Bertz CT molecular complexity index is 536. The molecule has 0 heterocycles. The fourth-order valence-corrected chi connectivity index (χ4v) is 2.92. The van der Waals surface area contributed by atoms with Crippen LogP contribution in [-0.2, 0) is 9.59 Å². The van der Waals surface area contributed by atoms with Gasteiger partial charge in [0.25, 0.3) is 0 Å². The third-order valence-corrected chi connectivity index (χ3v) is 4.11. The standard InChI is InChI=1S/C16H21ClN2O3/c17-11-4-3-5-12(10-11)22-9-8-15(20)19-14-7-2-1-6-13(14)16(18)21/h3-5,10,13-14H,1-2,6-9H2,(H2,18,21)(H,19,20). The molecule has 3 N–H and O–H groups in total. The molecular formula is C16H21ClN2O3. The summed E-state index contributed by atoms with van der Waals surface area (Å²) >= 11 is 5.86. The van der Waals surface area contributed by atoms with E-state index < -0.39 is 0 Å². The molecule has 6 heteroatoms. The molecule has 2 unspecified atom stereocenters. The average Bonchev–Trinajstić information content (AvgIpc) is 2.47. The maximum atomic E-state index is 12.0. The smallest absolute Gasteiger partial charge is 0.223 e. The molecule has 1 aliphatic carbocycles. The molecule has 0 aliphatic heterocycles. The number of nitrogens with two attached hydrogens (primary N) is 1. The highest BCUT2D eigenvalue weighted by molar-refractivity contribution is 6.30. The quantitative estimate of drug-likeness (QED) is 0.842. The summed E-state index contributed by atoms with van der Waals surface area (Å²) in [5.74, 6) is -0.0834. The van der Waals surface area contributed by atoms with Crippen LogP contribution in [0.4, 0.5) is 0 Å². The third-order valence-electron chi connectivity index (χ3n) is 3.87. The van der Waals surface area contributed by atoms with Crippen LogP contribution in [0.3, 0.4) is 0 Å². The zero-order valence-corrected chi connectivity index (χ0v) is 13.1. The van der Waals surface area contributed by atoms with E-state index in [1.165, 1.54) is 0 Å². The molecule has 1 aromatic carbocycles. The van der Waals surface area contributed by atoms with Crippen LogP contribution in [-0.4, -0.2) is 24.5 Å². The Balaban J connectivity index is 1.76. The van der Waals surface area contributed by atoms with Gasteiger partial charge in [-0.3, -0.25) is 9.59 Å². The molecule has 1 fully saturated rings. The van der Waals surface area contributed by atoms with Crippen molar-refractivity contribution in [1.82, 2.24) is 5.32 Å². The number of ether oxygens (including phenoxy) is 1. The van der Waals surface area contributed by atoms with E-state index in [1.54, 1.807) is 24.3 Å². The summed E-state index contributed by atoms with van der Waals surface area (Å²) < 4.78 is 5.48. The second kappa shape index (κ2) is 8.03. The highest BCUT2D eigenvalue weighted by Gasteiger charge is 2.30. The lowest BCUT2D eigenvalue weighted by Crippen LogP contribution is -2.47. The largest absolute Gasteiger partial charge is 0.493 e. The second-order valence-electron chi connectivity index (χ2n) is 5.52. The molecule has 0 aromatic heterocycles. The molecule has 22 heavy (non-hydrogen) atoms. The van der Waals surface area contributed by atoms with E-state index in [9.17, 15) is 9.59 Å². The first-order valence-electron chi connectivity index (χ1n) is 7.53. The van der Waals surface area contributed by atoms with Crippen LogP contribution < -0.4 is 15.8 Å². The maximum absolute atomic E-state index is 12.0. The van der Waals surface area contributed by atoms with E-state index in [2.05, 4.69) is 5.32 Å². The number of rotatable bonds is 6. The van der Waals surface area contributed by atoms with Crippen molar-refractivity contribution in [3.05, 3.63) is 29.3 Å². The summed E-state index contributed by atoms with van der Waals surface area (Å²) in [7, 11) is 0. The van der Waals surface area contributed by atoms with Crippen molar-refractivity contribution in [2.75, 3.05) is 6.61 Å². The Morgan fingerprint density at radius 1 is 1.32 bits per heavy atom. The minimum absolute atomic E-state index is 0.125. The zero-order chi connectivity index (χ0) is 15.9. The Hall–Kier alpha value is -1.75. The Morgan fingerprint density at radius 2 is 2.09 bits per heavy atom. The highest BCUT2D eigenvalue weighted by atomic mass is 35.5. The molecule has 0 saturated heterocycles. The van der Waals surface area contributed by atoms with Crippen LogP contribution in [0.15, 0.2) is 24.3 Å². The van der Waals surface area contributed by atoms with Gasteiger partial charge >= 0.3 is 0 Å². The number of primary amides is 1. The summed E-state index contributed by atoms with van der Waals surface area (Å²) in [6.07, 6.45) is 3.77. The fourth-order valence-electron chi connectivity index (χ4n) is 2.74. The number of benzene rings is 1. The lowest BCUT2D eigenvalue weighted by Gasteiger charge is -2.29. The molecule has 2 amide bonds. The molecule has 1 saturated carbocycles. The molecule has 2 atom stereocenters. The van der Waals surface area contributed by atoms with Gasteiger partial charge in [0, 0.05) is 11.1 Å². The maximum Gasteiger partial charge on any atom is 0.223 e. The van der Waals surface area contributed by atoms with E-state index in [0.29, 0.717) is 10.8 Å². The molecule has 1 aliphatic rings. The molecule has 120 valence electrons. The molecule has 5 nitrogen and oxygen atoms in total. The lowest BCUT2D eigenvalue weighted by molar-refractivity contribution is -0.126. The van der Waals surface area contributed by atoms with Crippen molar-refractivity contribution >= 4 is 23.4 Å². The second-order valence-corrected chi connectivity index (χ2v) is 5.96. The van der Waals surface area contributed by atoms with Crippen LogP contribution in [0.1, 0.15) is 32.1 Å². The van der Waals surface area contributed by atoms with E-state index in [1.807, 2.05) is 0 Å². The van der Waals surface area contributed by atoms with Crippen molar-refractivity contribution < 1.29 is 14.3 Å². The van der Waals surface area contributed by atoms with Crippen molar-refractivity contribution in [3.8, 4) is 5.75 Å². The number of nitrogens with one attached hydrogen (secondary N) is 1. The Kier molecular flexibility index (Phi) is 6.07. The molecule has 0 spiro atoms. The Morgan fingerprint density at radius 3 is 2.82 bits per heavy atom. The predicted molar refractivity (Wildman–Crippen MR) is 84.6 cm³/mol. The normalized spacial score (nSPS) is 21.1. The average molecular weight is 325 g/mol. The summed E-state index contributed by atoms with van der Waals surface area (Å²) in [6, 6.07) is 6.88. The first kappa shape index (κ1) is 16.6. The summed E-state index contributed by atoms with van der Waals surface area (Å²) in [5.41, 5.74) is 5.40. The van der Waals surface area contributed by atoms with Crippen molar-refractivity contribution in [1.29, 1.82) is 0 Å². The van der Waals surface area contributed by atoms with Gasteiger partial charge < -0.3 is 15.8 Å². The van der Waals surface area contributed by atoms with Crippen LogP contribution in [0.25, 0.3) is 0 Å². The molecule has 2 rings (SSSR count). The number of hydrogen-bond acceptors (Lipinski definition) is 3. The van der Waals surface area contributed by atoms with Crippen LogP contribution >= 0.6 is 11.6 Å². The predicted octanol–water partition coefficient (Wildman–Crippen LogP) is 2.27. The number of carbonyl (C=O) groups is 2. The van der Waals surface area contributed by atoms with Gasteiger partial charge in [-0.1, -0.05) is 30.5 Å². The monoisotopic (exact) mass is 324 g/mol. The van der Waals surface area contributed by atoms with Gasteiger partial charge in [-0.2, -0.15) is 0 Å². The van der Waals surface area contributed by atoms with Gasteiger partial charge in [0.15, 0.2) is 0 Å². The van der Waals surface area contributed by atoms with Crippen molar-refractivity contribution in [3.63, 3.8) is 0 Å². The fraction of sp³-hybridized carbons (Fsp3) is 0.500. The molecular weight excluding hydrogens is 304 g/mol. The summed E-state index contributed by atoms with van der Waals surface area (Å²) in [5, 5.41) is 3.49. The highest BCUT2D eigenvalue weighted by Crippen LogP contribution is 2.24. The first-order chi connectivity index (χ1) is 10.6. The van der Waals surface area contributed by atoms with Crippen LogP contribution in [0, 0.1) is 5.92 Å². The number of halogens is 1. The minimum Gasteiger partial charge on any atom is -0.493 e. The van der Waals surface area contributed by atoms with Gasteiger partial charge in [0.1, 0.15) is 5.75 Å². The molecule has 0 bridgehead atoms. The van der Waals surface area contributed by atoms with Crippen LogP contribution in [0.2, 0.25) is 5.02 Å². The SMILES string of the molecule is NC(=O)C1CCCCC1NC(=O)CCOc1cccc(Cl)c1. The van der Waals surface area contributed by atoms with E-state index in [4.69, 9.17) is 22.1 Å². The van der Waals surface area contributed by atoms with Gasteiger partial charge in [-0.15, -0.1) is 0 Å².